The normalized spacial score (nSPS) is 20.8. The highest BCUT2D eigenvalue weighted by Crippen LogP contribution is 2.34. The molecular formula is C21H25N5OS. The molecule has 1 unspecified atom stereocenters. The Kier molecular flexibility index (Phi) is 4.86. The smallest absolute Gasteiger partial charge is 0.233 e. The van der Waals surface area contributed by atoms with Gasteiger partial charge in [-0.2, -0.15) is 0 Å². The van der Waals surface area contributed by atoms with E-state index in [9.17, 15) is 0 Å². The Bertz CT molecular complexity index is 951. The lowest BCUT2D eigenvalue weighted by Gasteiger charge is -2.32. The number of ether oxygens (including phenoxy) is 1. The second-order valence-electron chi connectivity index (χ2n) is 7.63. The molecule has 0 saturated carbocycles. The van der Waals surface area contributed by atoms with Crippen LogP contribution in [-0.4, -0.2) is 59.4 Å². The maximum absolute atomic E-state index is 5.10. The minimum absolute atomic E-state index is 0.530. The number of aromatic nitrogens is 3. The highest BCUT2D eigenvalue weighted by Gasteiger charge is 2.29. The molecule has 4 heterocycles. The average Bonchev–Trinajstić information content (AvgIpc) is 3.41. The highest BCUT2D eigenvalue weighted by molar-refractivity contribution is 7.22. The lowest BCUT2D eigenvalue weighted by molar-refractivity contribution is 0.175. The topological polar surface area (TPSA) is 54.4 Å². The van der Waals surface area contributed by atoms with Crippen LogP contribution < -0.4 is 9.64 Å². The Morgan fingerprint density at radius 1 is 1.04 bits per heavy atom. The van der Waals surface area contributed by atoms with Gasteiger partial charge in [0.2, 0.25) is 5.88 Å². The molecule has 2 aromatic heterocycles. The molecule has 5 rings (SSSR count). The Hall–Kier alpha value is -2.25. The van der Waals surface area contributed by atoms with Gasteiger partial charge in [-0.1, -0.05) is 23.8 Å². The third-order valence-corrected chi connectivity index (χ3v) is 6.94. The zero-order chi connectivity index (χ0) is 18.9. The molecule has 0 aliphatic carbocycles. The van der Waals surface area contributed by atoms with Crippen molar-refractivity contribution in [1.82, 2.24) is 20.1 Å². The van der Waals surface area contributed by atoms with Crippen molar-refractivity contribution in [3.05, 3.63) is 30.3 Å². The summed E-state index contributed by atoms with van der Waals surface area (Å²) in [4.78, 5) is 10.1. The fourth-order valence-electron chi connectivity index (χ4n) is 4.29. The minimum Gasteiger partial charge on any atom is -0.480 e. The number of methoxy groups -OCH3 is 1. The number of benzene rings is 1. The summed E-state index contributed by atoms with van der Waals surface area (Å²) in [6, 6.07) is 10.8. The summed E-state index contributed by atoms with van der Waals surface area (Å²) in [5, 5.41) is 9.49. The molecule has 0 spiro atoms. The minimum atomic E-state index is 0.530. The fourth-order valence-corrected chi connectivity index (χ4v) is 5.33. The number of fused-ring (bicyclic) bond motifs is 1. The van der Waals surface area contributed by atoms with Gasteiger partial charge in [0.05, 0.1) is 23.0 Å². The number of hydrogen-bond acceptors (Lipinski definition) is 7. The van der Waals surface area contributed by atoms with Crippen LogP contribution in [0.15, 0.2) is 30.3 Å². The number of nitrogens with zero attached hydrogens (tertiary/aromatic N) is 5. The van der Waals surface area contributed by atoms with Gasteiger partial charge in [0.1, 0.15) is 0 Å². The van der Waals surface area contributed by atoms with Crippen molar-refractivity contribution in [3.63, 3.8) is 0 Å². The molecule has 146 valence electrons. The van der Waals surface area contributed by atoms with Gasteiger partial charge in [-0.25, -0.2) is 4.98 Å². The van der Waals surface area contributed by atoms with Crippen LogP contribution in [0.2, 0.25) is 0 Å². The van der Waals surface area contributed by atoms with Gasteiger partial charge in [-0.15, -0.1) is 10.2 Å². The van der Waals surface area contributed by atoms with E-state index >= 15 is 0 Å². The first-order valence-electron chi connectivity index (χ1n) is 10.1. The van der Waals surface area contributed by atoms with E-state index in [1.165, 1.54) is 43.5 Å². The first-order chi connectivity index (χ1) is 13.8. The monoisotopic (exact) mass is 395 g/mol. The molecule has 7 heteroatoms. The van der Waals surface area contributed by atoms with Crippen LogP contribution in [0.1, 0.15) is 25.7 Å². The van der Waals surface area contributed by atoms with E-state index in [2.05, 4.69) is 38.2 Å². The third kappa shape index (κ3) is 3.44. The summed E-state index contributed by atoms with van der Waals surface area (Å²) >= 11 is 1.78. The fraction of sp³-hybridized carbons (Fsp3) is 0.476. The molecule has 3 aromatic rings. The molecule has 28 heavy (non-hydrogen) atoms. The van der Waals surface area contributed by atoms with Crippen molar-refractivity contribution in [2.75, 3.05) is 38.2 Å². The van der Waals surface area contributed by atoms with Crippen molar-refractivity contribution in [2.45, 2.75) is 31.7 Å². The molecule has 6 nitrogen and oxygen atoms in total. The van der Waals surface area contributed by atoms with Crippen LogP contribution in [0, 0.1) is 0 Å². The van der Waals surface area contributed by atoms with E-state index in [0.717, 1.165) is 35.0 Å². The van der Waals surface area contributed by atoms with Gasteiger partial charge in [0, 0.05) is 30.8 Å². The largest absolute Gasteiger partial charge is 0.480 e. The maximum atomic E-state index is 5.10. The number of thiazole rings is 1. The van der Waals surface area contributed by atoms with Gasteiger partial charge in [0.15, 0.2) is 5.13 Å². The van der Waals surface area contributed by atoms with Crippen LogP contribution in [0.3, 0.4) is 0 Å². The average molecular weight is 396 g/mol. The Balaban J connectivity index is 1.35. The predicted molar refractivity (Wildman–Crippen MR) is 113 cm³/mol. The van der Waals surface area contributed by atoms with E-state index in [1.807, 2.05) is 12.1 Å². The molecular weight excluding hydrogens is 370 g/mol. The second kappa shape index (κ2) is 7.64. The molecule has 0 bridgehead atoms. The van der Waals surface area contributed by atoms with Crippen molar-refractivity contribution in [1.29, 1.82) is 0 Å². The maximum Gasteiger partial charge on any atom is 0.233 e. The summed E-state index contributed by atoms with van der Waals surface area (Å²) in [5.41, 5.74) is 2.97. The lowest BCUT2D eigenvalue weighted by atomic mass is 10.1. The third-order valence-electron chi connectivity index (χ3n) is 5.86. The summed E-state index contributed by atoms with van der Waals surface area (Å²) in [6.45, 7) is 4.75. The molecule has 2 fully saturated rings. The van der Waals surface area contributed by atoms with E-state index in [-0.39, 0.29) is 0 Å². The number of anilines is 1. The first kappa shape index (κ1) is 17.8. The highest BCUT2D eigenvalue weighted by atomic mass is 32.1. The van der Waals surface area contributed by atoms with Crippen LogP contribution in [0.5, 0.6) is 5.88 Å². The number of likely N-dealkylation sites (tertiary alicyclic amines) is 1. The van der Waals surface area contributed by atoms with E-state index in [1.54, 1.807) is 18.4 Å². The molecule has 2 aliphatic heterocycles. The number of rotatable bonds is 4. The zero-order valence-corrected chi connectivity index (χ0v) is 17.0. The molecule has 1 atom stereocenters. The Morgan fingerprint density at radius 2 is 1.93 bits per heavy atom. The first-order valence-corrected chi connectivity index (χ1v) is 10.9. The van der Waals surface area contributed by atoms with E-state index in [0.29, 0.717) is 11.9 Å². The van der Waals surface area contributed by atoms with Crippen LogP contribution >= 0.6 is 11.3 Å². The van der Waals surface area contributed by atoms with Crippen molar-refractivity contribution < 1.29 is 4.74 Å². The molecule has 2 aliphatic rings. The molecule has 1 aromatic carbocycles. The summed E-state index contributed by atoms with van der Waals surface area (Å²) in [7, 11) is 1.60. The standard InChI is InChI=1S/C21H25N5OS/c1-27-20-8-7-17(23-24-20)15-5-6-18-19(13-15)28-21(22-18)26-12-9-16(14-26)25-10-3-2-4-11-25/h5-8,13,16H,2-4,9-12,14H2,1H3. The lowest BCUT2D eigenvalue weighted by Crippen LogP contribution is -2.40. The van der Waals surface area contributed by atoms with Gasteiger partial charge >= 0.3 is 0 Å². The van der Waals surface area contributed by atoms with Crippen LogP contribution in [0.25, 0.3) is 21.5 Å². The van der Waals surface area contributed by atoms with Crippen LogP contribution in [0.4, 0.5) is 5.13 Å². The van der Waals surface area contributed by atoms with Gasteiger partial charge in [0.25, 0.3) is 0 Å². The van der Waals surface area contributed by atoms with E-state index in [4.69, 9.17) is 9.72 Å². The van der Waals surface area contributed by atoms with Gasteiger partial charge < -0.3 is 9.64 Å². The Labute approximate surface area is 169 Å². The van der Waals surface area contributed by atoms with Gasteiger partial charge in [-0.05, 0) is 50.6 Å². The van der Waals surface area contributed by atoms with E-state index < -0.39 is 0 Å². The zero-order valence-electron chi connectivity index (χ0n) is 16.2. The summed E-state index contributed by atoms with van der Waals surface area (Å²) in [5.74, 6) is 0.530. The van der Waals surface area contributed by atoms with Crippen LogP contribution in [-0.2, 0) is 0 Å². The SMILES string of the molecule is COc1ccc(-c2ccc3nc(N4CCC(N5CCCCC5)C4)sc3c2)nn1. The number of hydrogen-bond donors (Lipinski definition) is 0. The summed E-state index contributed by atoms with van der Waals surface area (Å²) in [6.07, 6.45) is 5.36. The molecule has 0 N–H and O–H groups in total. The van der Waals surface area contributed by atoms with Crippen molar-refractivity contribution in [3.8, 4) is 17.1 Å². The predicted octanol–water partition coefficient (Wildman–Crippen LogP) is 3.83. The molecule has 0 amide bonds. The second-order valence-corrected chi connectivity index (χ2v) is 8.63. The van der Waals surface area contributed by atoms with Crippen molar-refractivity contribution in [2.24, 2.45) is 0 Å². The van der Waals surface area contributed by atoms with Gasteiger partial charge in [-0.3, -0.25) is 4.90 Å². The summed E-state index contributed by atoms with van der Waals surface area (Å²) < 4.78 is 6.30. The Morgan fingerprint density at radius 3 is 2.71 bits per heavy atom. The molecule has 2 saturated heterocycles. The van der Waals surface area contributed by atoms with Crippen molar-refractivity contribution >= 4 is 26.7 Å². The molecule has 0 radical (unpaired) electrons. The number of piperidine rings is 1. The quantitative estimate of drug-likeness (QED) is 0.669.